The number of hydrogen-bond donors (Lipinski definition) is 0. The van der Waals surface area contributed by atoms with Crippen LogP contribution < -0.4 is 0 Å². The molecule has 0 bridgehead atoms. The van der Waals surface area contributed by atoms with Crippen molar-refractivity contribution in [3.05, 3.63) is 60.7 Å². The minimum atomic E-state index is 0.0605. The van der Waals surface area contributed by atoms with Crippen LogP contribution in [0.25, 0.3) is 17.1 Å². The van der Waals surface area contributed by atoms with Crippen LogP contribution in [-0.2, 0) is 9.53 Å². The molecule has 7 heteroatoms. The summed E-state index contributed by atoms with van der Waals surface area (Å²) in [5, 5.41) is 9.53. The van der Waals surface area contributed by atoms with Crippen molar-refractivity contribution >= 4 is 17.7 Å². The lowest BCUT2D eigenvalue weighted by atomic mass is 10.2. The third-order valence-corrected chi connectivity index (χ3v) is 5.69. The van der Waals surface area contributed by atoms with Crippen LogP contribution in [0.15, 0.2) is 65.8 Å². The largest absolute Gasteiger partial charge is 0.372 e. The molecule has 4 rings (SSSR count). The summed E-state index contributed by atoms with van der Waals surface area (Å²) in [5.41, 5.74) is 1.96. The van der Waals surface area contributed by atoms with Gasteiger partial charge >= 0.3 is 0 Å². The molecular weight excluding hydrogens is 384 g/mol. The zero-order valence-corrected chi connectivity index (χ0v) is 17.4. The molecule has 2 atom stereocenters. The molecule has 3 aromatic rings. The second-order valence-corrected chi connectivity index (χ2v) is 8.13. The van der Waals surface area contributed by atoms with Gasteiger partial charge in [0, 0.05) is 24.3 Å². The van der Waals surface area contributed by atoms with E-state index in [2.05, 4.69) is 10.2 Å². The molecule has 0 N–H and O–H groups in total. The normalized spacial score (nSPS) is 19.3. The number of nitrogens with zero attached hydrogens (tertiary/aromatic N) is 4. The average Bonchev–Trinajstić information content (AvgIpc) is 3.16. The Morgan fingerprint density at radius 1 is 1.00 bits per heavy atom. The van der Waals surface area contributed by atoms with Gasteiger partial charge in [-0.2, -0.15) is 0 Å². The van der Waals surface area contributed by atoms with E-state index < -0.39 is 0 Å². The van der Waals surface area contributed by atoms with Crippen LogP contribution in [0.3, 0.4) is 0 Å². The quantitative estimate of drug-likeness (QED) is 0.603. The van der Waals surface area contributed by atoms with Crippen LogP contribution in [0.2, 0.25) is 0 Å². The minimum Gasteiger partial charge on any atom is -0.372 e. The highest BCUT2D eigenvalue weighted by molar-refractivity contribution is 7.99. The van der Waals surface area contributed by atoms with E-state index in [1.807, 2.05) is 84.0 Å². The lowest BCUT2D eigenvalue weighted by Crippen LogP contribution is -2.48. The van der Waals surface area contributed by atoms with Gasteiger partial charge in [-0.05, 0) is 26.0 Å². The SMILES string of the molecule is CC1CN(C(=O)CSc2nnc(-c3ccccc3)n2-c2ccccc2)CC(C)O1. The van der Waals surface area contributed by atoms with Gasteiger partial charge in [-0.15, -0.1) is 10.2 Å². The van der Waals surface area contributed by atoms with Gasteiger partial charge in [-0.3, -0.25) is 9.36 Å². The van der Waals surface area contributed by atoms with Gasteiger partial charge in [-0.25, -0.2) is 0 Å². The van der Waals surface area contributed by atoms with E-state index in [0.29, 0.717) is 24.0 Å². The Balaban J connectivity index is 1.58. The number of benzene rings is 2. The third-order valence-electron chi connectivity index (χ3n) is 4.78. The molecule has 0 radical (unpaired) electrons. The minimum absolute atomic E-state index is 0.0605. The Kier molecular flexibility index (Phi) is 5.97. The molecule has 0 saturated carbocycles. The zero-order valence-electron chi connectivity index (χ0n) is 16.6. The van der Waals surface area contributed by atoms with E-state index in [-0.39, 0.29) is 18.1 Å². The Morgan fingerprint density at radius 3 is 2.28 bits per heavy atom. The summed E-state index contributed by atoms with van der Waals surface area (Å²) >= 11 is 1.42. The van der Waals surface area contributed by atoms with Gasteiger partial charge in [0.25, 0.3) is 0 Å². The maximum Gasteiger partial charge on any atom is 0.233 e. The van der Waals surface area contributed by atoms with Crippen molar-refractivity contribution < 1.29 is 9.53 Å². The maximum atomic E-state index is 12.8. The first-order valence-electron chi connectivity index (χ1n) is 9.74. The molecule has 29 heavy (non-hydrogen) atoms. The number of carbonyl (C=O) groups is 1. The predicted molar refractivity (Wildman–Crippen MR) is 114 cm³/mol. The summed E-state index contributed by atoms with van der Waals surface area (Å²) in [6.07, 6.45) is 0.121. The van der Waals surface area contributed by atoms with Crippen LogP contribution in [0.1, 0.15) is 13.8 Å². The number of para-hydroxylation sites is 1. The highest BCUT2D eigenvalue weighted by Gasteiger charge is 2.26. The van der Waals surface area contributed by atoms with Gasteiger partial charge in [0.05, 0.1) is 18.0 Å². The molecule has 2 unspecified atom stereocenters. The van der Waals surface area contributed by atoms with Crippen molar-refractivity contribution in [2.45, 2.75) is 31.2 Å². The number of rotatable bonds is 5. The molecule has 1 saturated heterocycles. The zero-order chi connectivity index (χ0) is 20.2. The second-order valence-electron chi connectivity index (χ2n) is 7.19. The second kappa shape index (κ2) is 8.80. The van der Waals surface area contributed by atoms with E-state index in [4.69, 9.17) is 4.74 Å². The summed E-state index contributed by atoms with van der Waals surface area (Å²) < 4.78 is 7.74. The summed E-state index contributed by atoms with van der Waals surface area (Å²) in [6, 6.07) is 20.0. The number of carbonyl (C=O) groups excluding carboxylic acids is 1. The first-order chi connectivity index (χ1) is 14.1. The monoisotopic (exact) mass is 408 g/mol. The van der Waals surface area contributed by atoms with Gasteiger partial charge < -0.3 is 9.64 Å². The first-order valence-corrected chi connectivity index (χ1v) is 10.7. The van der Waals surface area contributed by atoms with E-state index in [9.17, 15) is 4.79 Å². The molecule has 1 aromatic heterocycles. The molecule has 0 aliphatic carbocycles. The van der Waals surface area contributed by atoms with Crippen molar-refractivity contribution in [1.29, 1.82) is 0 Å². The van der Waals surface area contributed by atoms with Crippen LogP contribution >= 0.6 is 11.8 Å². The van der Waals surface area contributed by atoms with E-state index in [1.165, 1.54) is 11.8 Å². The van der Waals surface area contributed by atoms with Gasteiger partial charge in [0.15, 0.2) is 11.0 Å². The first kappa shape index (κ1) is 19.7. The summed E-state index contributed by atoms with van der Waals surface area (Å²) in [5.74, 6) is 1.18. The van der Waals surface area contributed by atoms with Crippen LogP contribution in [0.5, 0.6) is 0 Å². The molecule has 2 heterocycles. The molecule has 1 fully saturated rings. The number of ether oxygens (including phenoxy) is 1. The average molecular weight is 409 g/mol. The predicted octanol–water partition coefficient (Wildman–Crippen LogP) is 3.66. The fourth-order valence-corrected chi connectivity index (χ4v) is 4.40. The van der Waals surface area contributed by atoms with E-state index >= 15 is 0 Å². The van der Waals surface area contributed by atoms with Crippen molar-refractivity contribution in [1.82, 2.24) is 19.7 Å². The number of amides is 1. The van der Waals surface area contributed by atoms with Gasteiger partial charge in [-0.1, -0.05) is 60.3 Å². The van der Waals surface area contributed by atoms with E-state index in [0.717, 1.165) is 17.1 Å². The standard InChI is InChI=1S/C22H24N4O2S/c1-16-13-25(14-17(2)28-16)20(27)15-29-22-24-23-21(18-9-5-3-6-10-18)26(22)19-11-7-4-8-12-19/h3-12,16-17H,13-15H2,1-2H3. The lowest BCUT2D eigenvalue weighted by Gasteiger charge is -2.35. The van der Waals surface area contributed by atoms with Crippen molar-refractivity contribution in [3.63, 3.8) is 0 Å². The number of aromatic nitrogens is 3. The van der Waals surface area contributed by atoms with E-state index in [1.54, 1.807) is 0 Å². The number of morpholine rings is 1. The summed E-state index contributed by atoms with van der Waals surface area (Å²) in [4.78, 5) is 14.7. The molecule has 6 nitrogen and oxygen atoms in total. The van der Waals surface area contributed by atoms with Crippen molar-refractivity contribution in [2.24, 2.45) is 0 Å². The Morgan fingerprint density at radius 2 is 1.62 bits per heavy atom. The van der Waals surface area contributed by atoms with Crippen LogP contribution in [0, 0.1) is 0 Å². The van der Waals surface area contributed by atoms with Crippen molar-refractivity contribution in [3.8, 4) is 17.1 Å². The van der Waals surface area contributed by atoms with Gasteiger partial charge in [0.2, 0.25) is 5.91 Å². The lowest BCUT2D eigenvalue weighted by molar-refractivity contribution is -0.140. The summed E-state index contributed by atoms with van der Waals surface area (Å²) in [6.45, 7) is 5.26. The summed E-state index contributed by atoms with van der Waals surface area (Å²) in [7, 11) is 0. The molecular formula is C22H24N4O2S. The topological polar surface area (TPSA) is 60.2 Å². The number of thioether (sulfide) groups is 1. The van der Waals surface area contributed by atoms with Crippen LogP contribution in [-0.4, -0.2) is 56.6 Å². The molecule has 1 aliphatic rings. The molecule has 0 spiro atoms. The van der Waals surface area contributed by atoms with Gasteiger partial charge in [0.1, 0.15) is 0 Å². The molecule has 150 valence electrons. The fourth-order valence-electron chi connectivity index (χ4n) is 3.55. The molecule has 1 aliphatic heterocycles. The Labute approximate surface area is 174 Å². The molecule has 1 amide bonds. The number of hydrogen-bond acceptors (Lipinski definition) is 5. The van der Waals surface area contributed by atoms with Crippen LogP contribution in [0.4, 0.5) is 0 Å². The Hall–Kier alpha value is -2.64. The fraction of sp³-hybridized carbons (Fsp3) is 0.318. The third kappa shape index (κ3) is 4.52. The molecule has 2 aromatic carbocycles. The smallest absolute Gasteiger partial charge is 0.233 e. The highest BCUT2D eigenvalue weighted by Crippen LogP contribution is 2.28. The van der Waals surface area contributed by atoms with Crippen molar-refractivity contribution in [2.75, 3.05) is 18.8 Å². The maximum absolute atomic E-state index is 12.8. The Bertz CT molecular complexity index is 951. The highest BCUT2D eigenvalue weighted by atomic mass is 32.2.